The van der Waals surface area contributed by atoms with Gasteiger partial charge in [0.2, 0.25) is 0 Å². The van der Waals surface area contributed by atoms with Crippen LogP contribution < -0.4 is 0 Å². The third-order valence-electron chi connectivity index (χ3n) is 3.67. The maximum atomic E-state index is 12.9. The number of carbonyl (C=O) groups is 1. The Morgan fingerprint density at radius 3 is 2.15 bits per heavy atom. The number of unbranched alkanes of at least 4 members (excludes halogenated alkanes) is 6. The van der Waals surface area contributed by atoms with Gasteiger partial charge in [0.25, 0.3) is 0 Å². The molecule has 0 amide bonds. The van der Waals surface area contributed by atoms with E-state index in [2.05, 4.69) is 6.92 Å². The van der Waals surface area contributed by atoms with E-state index in [0.29, 0.717) is 12.0 Å². The third-order valence-corrected chi connectivity index (χ3v) is 3.67. The predicted octanol–water partition coefficient (Wildman–Crippen LogP) is 5.13. The van der Waals surface area contributed by atoms with Crippen LogP contribution in [0.25, 0.3) is 0 Å². The lowest BCUT2D eigenvalue weighted by atomic mass is 9.93. The molecule has 0 spiro atoms. The van der Waals surface area contributed by atoms with E-state index < -0.39 is 11.9 Å². The number of aliphatic carboxylic acids is 1. The summed E-state index contributed by atoms with van der Waals surface area (Å²) in [7, 11) is 0. The van der Waals surface area contributed by atoms with Gasteiger partial charge in [-0.05, 0) is 24.1 Å². The molecule has 2 nitrogen and oxygen atoms in total. The highest BCUT2D eigenvalue weighted by Gasteiger charge is 2.19. The van der Waals surface area contributed by atoms with Crippen LogP contribution in [0.4, 0.5) is 4.39 Å². The first-order chi connectivity index (χ1) is 9.65. The Morgan fingerprint density at radius 1 is 1.05 bits per heavy atom. The lowest BCUT2D eigenvalue weighted by Gasteiger charge is -2.12. The second-order valence-corrected chi connectivity index (χ2v) is 5.35. The van der Waals surface area contributed by atoms with Crippen molar-refractivity contribution in [2.45, 2.75) is 64.2 Å². The Morgan fingerprint density at radius 2 is 1.60 bits per heavy atom. The summed E-state index contributed by atoms with van der Waals surface area (Å²) in [6.07, 6.45) is 8.84. The van der Waals surface area contributed by atoms with E-state index >= 15 is 0 Å². The van der Waals surface area contributed by atoms with Crippen molar-refractivity contribution in [3.8, 4) is 0 Å². The average Bonchev–Trinajstić information content (AvgIpc) is 2.43. The zero-order valence-electron chi connectivity index (χ0n) is 12.3. The molecule has 0 fully saturated rings. The molecule has 0 saturated carbocycles. The highest BCUT2D eigenvalue weighted by Crippen LogP contribution is 2.23. The van der Waals surface area contributed by atoms with Crippen LogP contribution in [0.2, 0.25) is 0 Å². The monoisotopic (exact) mass is 280 g/mol. The van der Waals surface area contributed by atoms with Crippen molar-refractivity contribution >= 4 is 5.97 Å². The summed E-state index contributed by atoms with van der Waals surface area (Å²) in [5, 5.41) is 9.27. The summed E-state index contributed by atoms with van der Waals surface area (Å²) in [6, 6.07) is 5.82. The van der Waals surface area contributed by atoms with E-state index in [1.807, 2.05) is 0 Å². The Hall–Kier alpha value is -1.38. The number of halogens is 1. The fraction of sp³-hybridized carbons (Fsp3) is 0.588. The second-order valence-electron chi connectivity index (χ2n) is 5.35. The van der Waals surface area contributed by atoms with Crippen molar-refractivity contribution in [2.24, 2.45) is 0 Å². The van der Waals surface area contributed by atoms with Gasteiger partial charge < -0.3 is 5.11 Å². The molecule has 0 aliphatic heterocycles. The van der Waals surface area contributed by atoms with Crippen LogP contribution in [0.3, 0.4) is 0 Å². The van der Waals surface area contributed by atoms with E-state index in [9.17, 15) is 14.3 Å². The molecule has 1 rings (SSSR count). The number of benzene rings is 1. The molecule has 3 heteroatoms. The fourth-order valence-electron chi connectivity index (χ4n) is 2.43. The minimum atomic E-state index is -0.817. The smallest absolute Gasteiger partial charge is 0.310 e. The first-order valence-corrected chi connectivity index (χ1v) is 7.63. The van der Waals surface area contributed by atoms with Gasteiger partial charge in [-0.1, -0.05) is 64.0 Å². The van der Waals surface area contributed by atoms with Gasteiger partial charge in [0.05, 0.1) is 5.92 Å². The van der Waals surface area contributed by atoms with Crippen LogP contribution in [0.5, 0.6) is 0 Å². The van der Waals surface area contributed by atoms with Gasteiger partial charge >= 0.3 is 5.97 Å². The Bertz CT molecular complexity index is 386. The number of rotatable bonds is 10. The lowest BCUT2D eigenvalue weighted by Crippen LogP contribution is -2.11. The summed E-state index contributed by atoms with van der Waals surface area (Å²) in [5.74, 6) is -1.65. The molecular formula is C17H25FO2. The molecule has 1 atom stereocenters. The first kappa shape index (κ1) is 16.7. The van der Waals surface area contributed by atoms with Crippen LogP contribution in [0.1, 0.15) is 69.8 Å². The van der Waals surface area contributed by atoms with Gasteiger partial charge in [-0.3, -0.25) is 4.79 Å². The first-order valence-electron chi connectivity index (χ1n) is 7.63. The van der Waals surface area contributed by atoms with Crippen LogP contribution in [-0.2, 0) is 4.79 Å². The SMILES string of the molecule is CCCCCCCCCC(C(=O)O)c1ccc(F)cc1. The predicted molar refractivity (Wildman–Crippen MR) is 79.4 cm³/mol. The summed E-state index contributed by atoms with van der Waals surface area (Å²) in [5.41, 5.74) is 0.699. The van der Waals surface area contributed by atoms with E-state index in [4.69, 9.17) is 0 Å². The summed E-state index contributed by atoms with van der Waals surface area (Å²) < 4.78 is 12.9. The van der Waals surface area contributed by atoms with Gasteiger partial charge in [-0.25, -0.2) is 4.39 Å². The summed E-state index contributed by atoms with van der Waals surface area (Å²) >= 11 is 0. The third kappa shape index (κ3) is 6.18. The van der Waals surface area contributed by atoms with Crippen molar-refractivity contribution < 1.29 is 14.3 Å². The maximum Gasteiger partial charge on any atom is 0.310 e. The highest BCUT2D eigenvalue weighted by atomic mass is 19.1. The standard InChI is InChI=1S/C17H25FO2/c1-2-3-4-5-6-7-8-9-16(17(19)20)14-10-12-15(18)13-11-14/h10-13,16H,2-9H2,1H3,(H,19,20). The molecular weight excluding hydrogens is 255 g/mol. The molecule has 112 valence electrons. The molecule has 0 heterocycles. The molecule has 0 aromatic heterocycles. The van der Waals surface area contributed by atoms with E-state index in [1.165, 1.54) is 44.2 Å². The zero-order chi connectivity index (χ0) is 14.8. The average molecular weight is 280 g/mol. The number of hydrogen-bond acceptors (Lipinski definition) is 1. The molecule has 20 heavy (non-hydrogen) atoms. The quantitative estimate of drug-likeness (QED) is 0.603. The summed E-state index contributed by atoms with van der Waals surface area (Å²) in [6.45, 7) is 2.19. The van der Waals surface area contributed by atoms with Crippen LogP contribution >= 0.6 is 0 Å². The van der Waals surface area contributed by atoms with Gasteiger partial charge in [-0.15, -0.1) is 0 Å². The molecule has 1 N–H and O–H groups in total. The van der Waals surface area contributed by atoms with Crippen LogP contribution in [0, 0.1) is 5.82 Å². The van der Waals surface area contributed by atoms with Crippen molar-refractivity contribution in [1.82, 2.24) is 0 Å². The van der Waals surface area contributed by atoms with Gasteiger partial charge in [0.1, 0.15) is 5.82 Å². The molecule has 0 bridgehead atoms. The molecule has 1 unspecified atom stereocenters. The van der Waals surface area contributed by atoms with E-state index in [0.717, 1.165) is 12.8 Å². The van der Waals surface area contributed by atoms with Crippen molar-refractivity contribution in [3.05, 3.63) is 35.6 Å². The zero-order valence-corrected chi connectivity index (χ0v) is 12.3. The largest absolute Gasteiger partial charge is 0.481 e. The molecule has 0 aliphatic rings. The van der Waals surface area contributed by atoms with Crippen LogP contribution in [-0.4, -0.2) is 11.1 Å². The van der Waals surface area contributed by atoms with E-state index in [-0.39, 0.29) is 5.82 Å². The Balaban J connectivity index is 2.33. The van der Waals surface area contributed by atoms with Crippen molar-refractivity contribution in [1.29, 1.82) is 0 Å². The Kier molecular flexibility index (Phi) is 7.93. The molecule has 1 aromatic carbocycles. The summed E-state index contributed by atoms with van der Waals surface area (Å²) in [4.78, 5) is 11.3. The van der Waals surface area contributed by atoms with Crippen molar-refractivity contribution in [3.63, 3.8) is 0 Å². The van der Waals surface area contributed by atoms with Crippen molar-refractivity contribution in [2.75, 3.05) is 0 Å². The molecule has 1 aromatic rings. The number of hydrogen-bond donors (Lipinski definition) is 1. The van der Waals surface area contributed by atoms with Gasteiger partial charge in [0.15, 0.2) is 0 Å². The minimum absolute atomic E-state index is 0.325. The molecule has 0 radical (unpaired) electrons. The second kappa shape index (κ2) is 9.51. The highest BCUT2D eigenvalue weighted by molar-refractivity contribution is 5.75. The van der Waals surface area contributed by atoms with Gasteiger partial charge in [-0.2, -0.15) is 0 Å². The maximum absolute atomic E-state index is 12.9. The van der Waals surface area contributed by atoms with Crippen LogP contribution in [0.15, 0.2) is 24.3 Å². The molecule has 0 saturated heterocycles. The Labute approximate surface area is 121 Å². The molecule has 0 aliphatic carbocycles. The normalized spacial score (nSPS) is 12.3. The lowest BCUT2D eigenvalue weighted by molar-refractivity contribution is -0.139. The minimum Gasteiger partial charge on any atom is -0.481 e. The number of carboxylic acid groups (broad SMARTS) is 1. The van der Waals surface area contributed by atoms with Gasteiger partial charge in [0, 0.05) is 0 Å². The number of carboxylic acids is 1. The topological polar surface area (TPSA) is 37.3 Å². The van der Waals surface area contributed by atoms with E-state index in [1.54, 1.807) is 12.1 Å². The fourth-order valence-corrected chi connectivity index (χ4v) is 2.43.